The first-order valence-electron chi connectivity index (χ1n) is 13.9. The number of aromatic amines is 1. The maximum Gasteiger partial charge on any atom is 0.253 e. The van der Waals surface area contributed by atoms with Crippen molar-refractivity contribution in [3.8, 4) is 11.5 Å². The van der Waals surface area contributed by atoms with Gasteiger partial charge in [0.1, 0.15) is 6.04 Å². The fourth-order valence-electron chi connectivity index (χ4n) is 6.39. The highest BCUT2D eigenvalue weighted by atomic mass is 16.7. The fraction of sp³-hybridized carbons (Fsp3) is 0.448. The molecule has 0 unspecified atom stereocenters. The van der Waals surface area contributed by atoms with Gasteiger partial charge in [0, 0.05) is 48.9 Å². The normalized spacial score (nSPS) is 18.8. The number of tetrazole rings is 1. The average Bonchev–Trinajstić information content (AvgIpc) is 3.72. The molecule has 0 amide bonds. The number of anilines is 1. The molecule has 10 heteroatoms. The van der Waals surface area contributed by atoms with Crippen LogP contribution in [-0.2, 0) is 0 Å². The lowest BCUT2D eigenvalue weighted by atomic mass is 10.0. The van der Waals surface area contributed by atoms with Crippen LogP contribution in [-0.4, -0.2) is 63.1 Å². The van der Waals surface area contributed by atoms with Gasteiger partial charge in [0.15, 0.2) is 17.3 Å². The van der Waals surface area contributed by atoms with Gasteiger partial charge in [-0.2, -0.15) is 0 Å². The van der Waals surface area contributed by atoms with Crippen LogP contribution < -0.4 is 19.9 Å². The number of hydrogen-bond donors (Lipinski definition) is 1. The van der Waals surface area contributed by atoms with E-state index < -0.39 is 0 Å². The molecule has 4 aromatic rings. The topological polar surface area (TPSA) is 101 Å². The molecule has 1 saturated heterocycles. The predicted molar refractivity (Wildman–Crippen MR) is 148 cm³/mol. The number of pyridine rings is 1. The highest BCUT2D eigenvalue weighted by molar-refractivity contribution is 5.83. The molecule has 39 heavy (non-hydrogen) atoms. The number of aromatic nitrogens is 5. The van der Waals surface area contributed by atoms with Crippen molar-refractivity contribution in [2.45, 2.75) is 51.6 Å². The van der Waals surface area contributed by atoms with E-state index in [0.29, 0.717) is 17.1 Å². The van der Waals surface area contributed by atoms with Gasteiger partial charge < -0.3 is 19.4 Å². The molecule has 3 aliphatic rings. The molecule has 2 aliphatic heterocycles. The SMILES string of the molecule is Cc1ccc(C)c(N2CCN([C@H](c3cc4cc5c(cc4[nH]c3=O)OCO5)c3nnnn3C3CCCC3)CC2)c1. The molecule has 4 heterocycles. The molecule has 1 aliphatic carbocycles. The first kappa shape index (κ1) is 24.1. The summed E-state index contributed by atoms with van der Waals surface area (Å²) in [5, 5.41) is 14.0. The Kier molecular flexibility index (Phi) is 5.99. The summed E-state index contributed by atoms with van der Waals surface area (Å²) in [7, 11) is 0. The van der Waals surface area contributed by atoms with Crippen LogP contribution in [0.15, 0.2) is 41.2 Å². The molecule has 1 saturated carbocycles. The largest absolute Gasteiger partial charge is 0.454 e. The molecule has 2 fully saturated rings. The van der Waals surface area contributed by atoms with E-state index in [9.17, 15) is 4.79 Å². The second-order valence-corrected chi connectivity index (χ2v) is 11.0. The number of aryl methyl sites for hydroxylation is 2. The Morgan fingerprint density at radius 2 is 1.74 bits per heavy atom. The molecule has 0 spiro atoms. The second kappa shape index (κ2) is 9.68. The van der Waals surface area contributed by atoms with E-state index in [4.69, 9.17) is 9.47 Å². The van der Waals surface area contributed by atoms with Gasteiger partial charge in [0.25, 0.3) is 5.56 Å². The first-order chi connectivity index (χ1) is 19.0. The third kappa shape index (κ3) is 4.32. The minimum absolute atomic E-state index is 0.135. The van der Waals surface area contributed by atoms with Crippen molar-refractivity contribution in [1.29, 1.82) is 0 Å². The fourth-order valence-corrected chi connectivity index (χ4v) is 6.39. The maximum absolute atomic E-state index is 13.7. The Hall–Kier alpha value is -3.92. The summed E-state index contributed by atoms with van der Waals surface area (Å²) in [4.78, 5) is 21.6. The van der Waals surface area contributed by atoms with Gasteiger partial charge in [-0.1, -0.05) is 25.0 Å². The average molecular weight is 528 g/mol. The van der Waals surface area contributed by atoms with Gasteiger partial charge in [0.2, 0.25) is 6.79 Å². The number of piperazine rings is 1. The number of nitrogens with one attached hydrogen (secondary N) is 1. The number of nitrogens with zero attached hydrogens (tertiary/aromatic N) is 6. The Labute approximate surface area is 226 Å². The maximum atomic E-state index is 13.7. The monoisotopic (exact) mass is 527 g/mol. The van der Waals surface area contributed by atoms with Crippen molar-refractivity contribution >= 4 is 16.6 Å². The van der Waals surface area contributed by atoms with Crippen molar-refractivity contribution in [2.24, 2.45) is 0 Å². The standard InChI is InChI=1S/C29H33N7O3/c1-18-7-8-19(2)24(13-18)34-9-11-35(12-10-34)27(28-31-32-33-36(28)21-5-3-4-6-21)22-14-20-15-25-26(39-17-38-25)16-23(20)30-29(22)37/h7-8,13-16,21,27H,3-6,9-12,17H2,1-2H3,(H,30,37)/t27-/m1/s1. The molecule has 1 atom stereocenters. The van der Waals surface area contributed by atoms with Gasteiger partial charge in [0.05, 0.1) is 11.6 Å². The van der Waals surface area contributed by atoms with E-state index in [1.807, 2.05) is 22.9 Å². The summed E-state index contributed by atoms with van der Waals surface area (Å²) >= 11 is 0. The van der Waals surface area contributed by atoms with E-state index in [1.165, 1.54) is 29.7 Å². The summed E-state index contributed by atoms with van der Waals surface area (Å²) in [6, 6.07) is 12.3. The zero-order valence-corrected chi connectivity index (χ0v) is 22.4. The minimum Gasteiger partial charge on any atom is -0.454 e. The summed E-state index contributed by atoms with van der Waals surface area (Å²) in [5.74, 6) is 2.08. The molecule has 202 valence electrons. The third-order valence-corrected chi connectivity index (χ3v) is 8.48. The van der Waals surface area contributed by atoms with Crippen molar-refractivity contribution < 1.29 is 9.47 Å². The first-order valence-corrected chi connectivity index (χ1v) is 13.9. The van der Waals surface area contributed by atoms with Crippen LogP contribution in [0.2, 0.25) is 0 Å². The lowest BCUT2D eigenvalue weighted by Crippen LogP contribution is -2.49. The van der Waals surface area contributed by atoms with Crippen molar-refractivity contribution in [3.05, 3.63) is 69.3 Å². The summed E-state index contributed by atoms with van der Waals surface area (Å²) in [5.41, 5.74) is 5.05. The second-order valence-electron chi connectivity index (χ2n) is 11.0. The van der Waals surface area contributed by atoms with E-state index >= 15 is 0 Å². The van der Waals surface area contributed by atoms with Crippen LogP contribution in [0.3, 0.4) is 0 Å². The van der Waals surface area contributed by atoms with Gasteiger partial charge in [-0.15, -0.1) is 5.10 Å². The van der Waals surface area contributed by atoms with Crippen LogP contribution >= 0.6 is 0 Å². The predicted octanol–water partition coefficient (Wildman–Crippen LogP) is 3.89. The number of H-pyrrole nitrogens is 1. The van der Waals surface area contributed by atoms with E-state index in [-0.39, 0.29) is 24.4 Å². The minimum atomic E-state index is -0.361. The Morgan fingerprint density at radius 1 is 0.974 bits per heavy atom. The Balaban J connectivity index is 1.28. The van der Waals surface area contributed by atoms with Crippen molar-refractivity contribution in [1.82, 2.24) is 30.1 Å². The summed E-state index contributed by atoms with van der Waals surface area (Å²) in [6.07, 6.45) is 4.46. The van der Waals surface area contributed by atoms with Crippen LogP contribution in [0.1, 0.15) is 60.3 Å². The molecular weight excluding hydrogens is 494 g/mol. The molecule has 0 bridgehead atoms. The highest BCUT2D eigenvalue weighted by Crippen LogP contribution is 2.38. The molecule has 7 rings (SSSR count). The van der Waals surface area contributed by atoms with E-state index in [2.05, 4.69) is 62.4 Å². The molecule has 2 aromatic heterocycles. The molecule has 2 aromatic carbocycles. The van der Waals surface area contributed by atoms with Crippen LogP contribution in [0.4, 0.5) is 5.69 Å². The van der Waals surface area contributed by atoms with Gasteiger partial charge in [-0.05, 0) is 66.4 Å². The molecule has 1 N–H and O–H groups in total. The molecule has 0 radical (unpaired) electrons. The summed E-state index contributed by atoms with van der Waals surface area (Å²) < 4.78 is 13.1. The summed E-state index contributed by atoms with van der Waals surface area (Å²) in [6.45, 7) is 7.77. The van der Waals surface area contributed by atoms with Crippen LogP contribution in [0.25, 0.3) is 10.9 Å². The quantitative estimate of drug-likeness (QED) is 0.417. The lowest BCUT2D eigenvalue weighted by Gasteiger charge is -2.40. The Bertz CT molecular complexity index is 1580. The van der Waals surface area contributed by atoms with E-state index in [0.717, 1.165) is 55.7 Å². The third-order valence-electron chi connectivity index (χ3n) is 8.48. The zero-order chi connectivity index (χ0) is 26.5. The lowest BCUT2D eigenvalue weighted by molar-refractivity contribution is 0.174. The Morgan fingerprint density at radius 3 is 2.54 bits per heavy atom. The van der Waals surface area contributed by atoms with Crippen LogP contribution in [0.5, 0.6) is 11.5 Å². The highest BCUT2D eigenvalue weighted by Gasteiger charge is 2.35. The zero-order valence-electron chi connectivity index (χ0n) is 22.4. The number of ether oxygens (including phenoxy) is 2. The van der Waals surface area contributed by atoms with Gasteiger partial charge in [-0.25, -0.2) is 4.68 Å². The van der Waals surface area contributed by atoms with Crippen LogP contribution in [0, 0.1) is 13.8 Å². The number of benzene rings is 2. The molecular formula is C29H33N7O3. The van der Waals surface area contributed by atoms with Gasteiger partial charge in [-0.3, -0.25) is 9.69 Å². The van der Waals surface area contributed by atoms with E-state index in [1.54, 1.807) is 0 Å². The van der Waals surface area contributed by atoms with Gasteiger partial charge >= 0.3 is 0 Å². The van der Waals surface area contributed by atoms with Crippen molar-refractivity contribution in [2.75, 3.05) is 37.9 Å². The number of fused-ring (bicyclic) bond motifs is 2. The number of rotatable bonds is 5. The smallest absolute Gasteiger partial charge is 0.253 e. The molecule has 10 nitrogen and oxygen atoms in total. The van der Waals surface area contributed by atoms with Crippen molar-refractivity contribution in [3.63, 3.8) is 0 Å². The number of hydrogen-bond acceptors (Lipinski definition) is 8.